The van der Waals surface area contributed by atoms with Gasteiger partial charge in [-0.05, 0) is 53.5 Å². The lowest BCUT2D eigenvalue weighted by Gasteiger charge is -2.11. The van der Waals surface area contributed by atoms with Gasteiger partial charge >= 0.3 is 0 Å². The second-order valence-corrected chi connectivity index (χ2v) is 9.80. The highest BCUT2D eigenvalue weighted by molar-refractivity contribution is 9.11. The van der Waals surface area contributed by atoms with Crippen molar-refractivity contribution in [2.24, 2.45) is 0 Å². The third-order valence-electron chi connectivity index (χ3n) is 6.26. The van der Waals surface area contributed by atoms with Gasteiger partial charge in [-0.1, -0.05) is 132 Å². The van der Waals surface area contributed by atoms with Crippen LogP contribution in [0, 0.1) is 0 Å². The van der Waals surface area contributed by atoms with Crippen LogP contribution in [0.4, 0.5) is 0 Å². The van der Waals surface area contributed by atoms with Crippen LogP contribution in [0.1, 0.15) is 12.7 Å². The highest BCUT2D eigenvalue weighted by Crippen LogP contribution is 2.31. The molecular weight excluding hydrogens is 528 g/mol. The predicted octanol–water partition coefficient (Wildman–Crippen LogP) is 10.0. The highest BCUT2D eigenvalue weighted by atomic mass is 79.9. The van der Waals surface area contributed by atoms with Crippen molar-refractivity contribution in [1.82, 2.24) is 9.97 Å². The van der Waals surface area contributed by atoms with Crippen molar-refractivity contribution < 1.29 is 0 Å². The molecule has 0 radical (unpaired) electrons. The number of allylic oxidation sites excluding steroid dienone is 5. The van der Waals surface area contributed by atoms with Gasteiger partial charge in [0, 0.05) is 21.2 Å². The first kappa shape index (κ1) is 25.3. The quantitative estimate of drug-likeness (QED) is 0.187. The second kappa shape index (κ2) is 11.8. The normalized spacial score (nSPS) is 11.6. The Balaban J connectivity index is 1.62. The number of hydrogen-bond acceptors (Lipinski definition) is 2. The van der Waals surface area contributed by atoms with E-state index in [0.29, 0.717) is 5.82 Å². The van der Waals surface area contributed by atoms with Crippen molar-refractivity contribution in [3.05, 3.63) is 150 Å². The van der Waals surface area contributed by atoms with E-state index in [-0.39, 0.29) is 0 Å². The Kier molecular flexibility index (Phi) is 7.86. The highest BCUT2D eigenvalue weighted by Gasteiger charge is 2.12. The standard InChI is InChI=1S/C35H27BrN2/c1-3-32(36)21-20-25(2)35-37-33(30-18-10-16-28(22-30)26-12-6-4-7-13-26)24-34(38-35)31-19-11-17-29(23-31)27-14-8-5-9-15-27/h3-24H,2H2,1H3/b21-20-,32-3+. The van der Waals surface area contributed by atoms with Crippen LogP contribution >= 0.6 is 15.9 Å². The third kappa shape index (κ3) is 5.96. The molecule has 0 aliphatic rings. The zero-order valence-corrected chi connectivity index (χ0v) is 22.8. The molecule has 5 rings (SSSR count). The fourth-order valence-corrected chi connectivity index (χ4v) is 4.35. The molecule has 0 unspecified atom stereocenters. The van der Waals surface area contributed by atoms with Crippen molar-refractivity contribution in [1.29, 1.82) is 0 Å². The molecule has 5 aromatic rings. The summed E-state index contributed by atoms with van der Waals surface area (Å²) in [6, 6.07) is 39.8. The van der Waals surface area contributed by atoms with Crippen LogP contribution in [0.2, 0.25) is 0 Å². The van der Waals surface area contributed by atoms with Gasteiger partial charge in [0.2, 0.25) is 0 Å². The van der Waals surface area contributed by atoms with Gasteiger partial charge < -0.3 is 0 Å². The van der Waals surface area contributed by atoms with E-state index in [1.54, 1.807) is 0 Å². The van der Waals surface area contributed by atoms with E-state index < -0.39 is 0 Å². The molecular formula is C35H27BrN2. The van der Waals surface area contributed by atoms with Crippen LogP contribution in [0.25, 0.3) is 50.3 Å². The van der Waals surface area contributed by atoms with E-state index in [9.17, 15) is 0 Å². The maximum absolute atomic E-state index is 4.95. The molecule has 2 nitrogen and oxygen atoms in total. The first-order chi connectivity index (χ1) is 18.6. The summed E-state index contributed by atoms with van der Waals surface area (Å²) in [6.45, 7) is 6.25. The van der Waals surface area contributed by atoms with Gasteiger partial charge in [0.1, 0.15) is 0 Å². The topological polar surface area (TPSA) is 25.8 Å². The van der Waals surface area contributed by atoms with E-state index in [2.05, 4.69) is 126 Å². The summed E-state index contributed by atoms with van der Waals surface area (Å²) >= 11 is 3.53. The number of nitrogens with zero attached hydrogens (tertiary/aromatic N) is 2. The molecule has 1 aromatic heterocycles. The van der Waals surface area contributed by atoms with Gasteiger partial charge in [-0.3, -0.25) is 0 Å². The Morgan fingerprint density at radius 3 is 1.50 bits per heavy atom. The van der Waals surface area contributed by atoms with Gasteiger partial charge in [-0.15, -0.1) is 0 Å². The molecule has 0 aliphatic carbocycles. The first-order valence-corrected chi connectivity index (χ1v) is 13.3. The van der Waals surface area contributed by atoms with Gasteiger partial charge in [0.25, 0.3) is 0 Å². The molecule has 1 heterocycles. The summed E-state index contributed by atoms with van der Waals surface area (Å²) in [4.78, 5) is 9.90. The Labute approximate surface area is 232 Å². The van der Waals surface area contributed by atoms with E-state index in [1.165, 1.54) is 11.1 Å². The SMILES string of the molecule is C=C(/C=C\C(Br)=C/C)c1nc(-c2cccc(-c3ccccc3)c2)cc(-c2cccc(-c3ccccc3)c2)n1. The maximum Gasteiger partial charge on any atom is 0.159 e. The zero-order valence-electron chi connectivity index (χ0n) is 21.2. The molecule has 0 atom stereocenters. The Morgan fingerprint density at radius 1 is 0.579 bits per heavy atom. The lowest BCUT2D eigenvalue weighted by Crippen LogP contribution is -1.98. The van der Waals surface area contributed by atoms with Crippen LogP contribution in [-0.2, 0) is 0 Å². The maximum atomic E-state index is 4.95. The number of rotatable bonds is 7. The van der Waals surface area contributed by atoms with E-state index in [0.717, 1.165) is 43.7 Å². The van der Waals surface area contributed by atoms with Crippen LogP contribution in [0.3, 0.4) is 0 Å². The molecule has 0 aliphatic heterocycles. The van der Waals surface area contributed by atoms with Gasteiger partial charge in [-0.2, -0.15) is 0 Å². The van der Waals surface area contributed by atoms with Crippen LogP contribution in [0.15, 0.2) is 145 Å². The summed E-state index contributed by atoms with van der Waals surface area (Å²) < 4.78 is 0.973. The minimum Gasteiger partial charge on any atom is -0.228 e. The van der Waals surface area contributed by atoms with Crippen molar-refractivity contribution in [2.75, 3.05) is 0 Å². The Bertz CT molecular complexity index is 1530. The van der Waals surface area contributed by atoms with Crippen molar-refractivity contribution in [2.45, 2.75) is 6.92 Å². The van der Waals surface area contributed by atoms with Gasteiger partial charge in [0.15, 0.2) is 5.82 Å². The smallest absolute Gasteiger partial charge is 0.159 e. The molecule has 0 amide bonds. The van der Waals surface area contributed by atoms with Crippen LogP contribution in [-0.4, -0.2) is 9.97 Å². The molecule has 0 saturated heterocycles. The summed E-state index contributed by atoms with van der Waals surface area (Å²) in [5.41, 5.74) is 9.14. The summed E-state index contributed by atoms with van der Waals surface area (Å²) in [7, 11) is 0. The van der Waals surface area contributed by atoms with E-state index in [4.69, 9.17) is 9.97 Å². The number of halogens is 1. The molecule has 38 heavy (non-hydrogen) atoms. The van der Waals surface area contributed by atoms with E-state index >= 15 is 0 Å². The molecule has 0 fully saturated rings. The number of aromatic nitrogens is 2. The number of benzene rings is 4. The average Bonchev–Trinajstić information content (AvgIpc) is 3.00. The van der Waals surface area contributed by atoms with Crippen LogP contribution in [0.5, 0.6) is 0 Å². The fourth-order valence-electron chi connectivity index (χ4n) is 4.21. The molecule has 0 bridgehead atoms. The molecule has 3 heteroatoms. The van der Waals surface area contributed by atoms with E-state index in [1.807, 2.05) is 37.3 Å². The van der Waals surface area contributed by atoms with Crippen LogP contribution < -0.4 is 0 Å². The zero-order chi connectivity index (χ0) is 26.3. The Hall–Kier alpha value is -4.34. The average molecular weight is 556 g/mol. The van der Waals surface area contributed by atoms with Crippen molar-refractivity contribution in [3.8, 4) is 44.8 Å². The Morgan fingerprint density at radius 2 is 1.03 bits per heavy atom. The van der Waals surface area contributed by atoms with Crippen molar-refractivity contribution in [3.63, 3.8) is 0 Å². The van der Waals surface area contributed by atoms with Crippen molar-refractivity contribution >= 4 is 21.5 Å². The summed E-state index contributed by atoms with van der Waals surface area (Å²) in [5, 5.41) is 0. The third-order valence-corrected chi connectivity index (χ3v) is 6.99. The predicted molar refractivity (Wildman–Crippen MR) is 165 cm³/mol. The summed E-state index contributed by atoms with van der Waals surface area (Å²) in [5.74, 6) is 0.598. The molecule has 0 saturated carbocycles. The summed E-state index contributed by atoms with van der Waals surface area (Å²) in [6.07, 6.45) is 5.88. The first-order valence-electron chi connectivity index (χ1n) is 12.5. The lowest BCUT2D eigenvalue weighted by atomic mass is 9.99. The number of hydrogen-bond donors (Lipinski definition) is 0. The van der Waals surface area contributed by atoms with Gasteiger partial charge in [0.05, 0.1) is 11.4 Å². The molecule has 0 N–H and O–H groups in total. The molecule has 0 spiro atoms. The van der Waals surface area contributed by atoms with Gasteiger partial charge in [-0.25, -0.2) is 9.97 Å². The fraction of sp³-hybridized carbons (Fsp3) is 0.0286. The monoisotopic (exact) mass is 554 g/mol. The minimum absolute atomic E-state index is 0.598. The lowest BCUT2D eigenvalue weighted by molar-refractivity contribution is 1.13. The minimum atomic E-state index is 0.598. The molecule has 4 aromatic carbocycles. The molecule has 184 valence electrons. The second-order valence-electron chi connectivity index (χ2n) is 8.89. The largest absolute Gasteiger partial charge is 0.228 e.